The molecule has 1 saturated heterocycles. The molecule has 0 aliphatic carbocycles. The first-order valence-electron chi connectivity index (χ1n) is 7.27. The lowest BCUT2D eigenvalue weighted by Crippen LogP contribution is -2.42. The number of carbonyl (C=O) groups excluding carboxylic acids is 2. The number of thiophene rings is 1. The molecule has 0 radical (unpaired) electrons. The van der Waals surface area contributed by atoms with Crippen LogP contribution in [0.4, 0.5) is 0 Å². The van der Waals surface area contributed by atoms with Gasteiger partial charge in [-0.25, -0.2) is 0 Å². The minimum absolute atomic E-state index is 0.00902. The van der Waals surface area contributed by atoms with Gasteiger partial charge in [-0.1, -0.05) is 0 Å². The van der Waals surface area contributed by atoms with Crippen LogP contribution >= 0.6 is 11.3 Å². The average Bonchev–Trinajstić information content (AvgIpc) is 3.24. The van der Waals surface area contributed by atoms with E-state index in [1.54, 1.807) is 29.5 Å². The Morgan fingerprint density at radius 1 is 1.41 bits per heavy atom. The fourth-order valence-corrected chi connectivity index (χ4v) is 3.44. The van der Waals surface area contributed by atoms with E-state index in [1.165, 1.54) is 0 Å². The van der Waals surface area contributed by atoms with Gasteiger partial charge in [-0.05, 0) is 24.3 Å². The van der Waals surface area contributed by atoms with Crippen LogP contribution in [0.2, 0.25) is 0 Å². The zero-order valence-electron chi connectivity index (χ0n) is 12.3. The molecule has 0 unspecified atom stereocenters. The molecule has 0 saturated carbocycles. The van der Waals surface area contributed by atoms with Crippen LogP contribution in [0.1, 0.15) is 23.2 Å². The van der Waals surface area contributed by atoms with Crippen molar-refractivity contribution in [3.8, 4) is 11.3 Å². The number of aromatic amines is 1. The van der Waals surface area contributed by atoms with Crippen molar-refractivity contribution in [3.05, 3.63) is 28.6 Å². The van der Waals surface area contributed by atoms with Gasteiger partial charge < -0.3 is 10.2 Å². The molecule has 22 heavy (non-hydrogen) atoms. The average molecular weight is 318 g/mol. The van der Waals surface area contributed by atoms with E-state index in [2.05, 4.69) is 15.5 Å². The number of nitrogens with one attached hydrogen (secondary N) is 2. The van der Waals surface area contributed by atoms with E-state index in [1.807, 2.05) is 16.8 Å². The summed E-state index contributed by atoms with van der Waals surface area (Å²) in [5.74, 6) is 0.0504. The molecule has 116 valence electrons. The Labute approximate surface area is 132 Å². The molecule has 1 fully saturated rings. The SMILES string of the molecule is CNC(=O)C1CCN(C(=O)c2cn[nH]c2-c2ccsc2)CC1. The predicted octanol–water partition coefficient (Wildman–Crippen LogP) is 1.74. The molecule has 3 heterocycles. The van der Waals surface area contributed by atoms with Crippen molar-refractivity contribution in [3.63, 3.8) is 0 Å². The van der Waals surface area contributed by atoms with Crippen LogP contribution < -0.4 is 5.32 Å². The van der Waals surface area contributed by atoms with Gasteiger partial charge in [-0.15, -0.1) is 0 Å². The summed E-state index contributed by atoms with van der Waals surface area (Å²) in [6.45, 7) is 1.20. The summed E-state index contributed by atoms with van der Waals surface area (Å²) in [4.78, 5) is 26.2. The highest BCUT2D eigenvalue weighted by Gasteiger charge is 2.28. The van der Waals surface area contributed by atoms with E-state index in [0.717, 1.165) is 11.3 Å². The highest BCUT2D eigenvalue weighted by atomic mass is 32.1. The Kier molecular flexibility index (Phi) is 4.24. The molecule has 1 aliphatic rings. The number of aromatic nitrogens is 2. The van der Waals surface area contributed by atoms with Crippen LogP contribution in [0, 0.1) is 5.92 Å². The molecule has 0 atom stereocenters. The molecular weight excluding hydrogens is 300 g/mol. The topological polar surface area (TPSA) is 78.1 Å². The molecule has 2 amide bonds. The maximum Gasteiger partial charge on any atom is 0.257 e. The number of H-pyrrole nitrogens is 1. The molecule has 3 rings (SSSR count). The number of likely N-dealkylation sites (tertiary alicyclic amines) is 1. The number of hydrogen-bond acceptors (Lipinski definition) is 4. The van der Waals surface area contributed by atoms with Gasteiger partial charge in [-0.3, -0.25) is 14.7 Å². The van der Waals surface area contributed by atoms with Crippen LogP contribution in [0.3, 0.4) is 0 Å². The van der Waals surface area contributed by atoms with Gasteiger partial charge in [0.15, 0.2) is 0 Å². The zero-order chi connectivity index (χ0) is 15.5. The van der Waals surface area contributed by atoms with Gasteiger partial charge in [0.1, 0.15) is 0 Å². The van der Waals surface area contributed by atoms with Crippen molar-refractivity contribution in [1.82, 2.24) is 20.4 Å². The summed E-state index contributed by atoms with van der Waals surface area (Å²) >= 11 is 1.58. The highest BCUT2D eigenvalue weighted by Crippen LogP contribution is 2.26. The Morgan fingerprint density at radius 3 is 2.82 bits per heavy atom. The van der Waals surface area contributed by atoms with Gasteiger partial charge in [-0.2, -0.15) is 16.4 Å². The first kappa shape index (κ1) is 14.8. The number of nitrogens with zero attached hydrogens (tertiary/aromatic N) is 2. The first-order chi connectivity index (χ1) is 10.7. The number of carbonyl (C=O) groups is 2. The van der Waals surface area contributed by atoms with Crippen molar-refractivity contribution < 1.29 is 9.59 Å². The van der Waals surface area contributed by atoms with E-state index in [-0.39, 0.29) is 17.7 Å². The molecule has 2 N–H and O–H groups in total. The summed E-state index contributed by atoms with van der Waals surface area (Å²) in [5, 5.41) is 13.6. The van der Waals surface area contributed by atoms with Gasteiger partial charge >= 0.3 is 0 Å². The van der Waals surface area contributed by atoms with Crippen molar-refractivity contribution in [2.75, 3.05) is 20.1 Å². The third-order valence-corrected chi connectivity index (χ3v) is 4.76. The molecule has 7 heteroatoms. The third kappa shape index (κ3) is 2.76. The van der Waals surface area contributed by atoms with Crippen LogP contribution in [-0.4, -0.2) is 47.0 Å². The van der Waals surface area contributed by atoms with Crippen molar-refractivity contribution in [2.45, 2.75) is 12.8 Å². The van der Waals surface area contributed by atoms with Gasteiger partial charge in [0.2, 0.25) is 5.91 Å². The minimum Gasteiger partial charge on any atom is -0.359 e. The van der Waals surface area contributed by atoms with E-state index in [4.69, 9.17) is 0 Å². The Morgan fingerprint density at radius 2 is 2.18 bits per heavy atom. The number of piperidine rings is 1. The normalized spacial score (nSPS) is 15.8. The molecule has 2 aromatic heterocycles. The second-order valence-electron chi connectivity index (χ2n) is 5.35. The third-order valence-electron chi connectivity index (χ3n) is 4.08. The largest absolute Gasteiger partial charge is 0.359 e. The van der Waals surface area contributed by atoms with Crippen LogP contribution in [0.25, 0.3) is 11.3 Å². The summed E-state index contributed by atoms with van der Waals surface area (Å²) in [6.07, 6.45) is 2.99. The maximum absolute atomic E-state index is 12.7. The number of rotatable bonds is 3. The lowest BCUT2D eigenvalue weighted by molar-refractivity contribution is -0.125. The summed E-state index contributed by atoms with van der Waals surface area (Å²) in [6, 6.07) is 1.97. The first-order valence-corrected chi connectivity index (χ1v) is 8.21. The van der Waals surface area contributed by atoms with Gasteiger partial charge in [0.05, 0.1) is 17.5 Å². The molecule has 6 nitrogen and oxygen atoms in total. The summed E-state index contributed by atoms with van der Waals surface area (Å²) < 4.78 is 0. The number of hydrogen-bond donors (Lipinski definition) is 2. The van der Waals surface area contributed by atoms with Crippen LogP contribution in [0.15, 0.2) is 23.0 Å². The second-order valence-corrected chi connectivity index (χ2v) is 6.13. The van der Waals surface area contributed by atoms with Crippen LogP contribution in [-0.2, 0) is 4.79 Å². The summed E-state index contributed by atoms with van der Waals surface area (Å²) in [5.41, 5.74) is 2.34. The van der Waals surface area contributed by atoms with E-state index in [9.17, 15) is 9.59 Å². The fraction of sp³-hybridized carbons (Fsp3) is 0.400. The molecule has 1 aliphatic heterocycles. The standard InChI is InChI=1S/C15H18N4O2S/c1-16-14(20)10-2-5-19(6-3-10)15(21)12-8-17-18-13(12)11-4-7-22-9-11/h4,7-10H,2-3,5-6H2,1H3,(H,16,20)(H,17,18). The Bertz CT molecular complexity index is 657. The number of amides is 2. The zero-order valence-corrected chi connectivity index (χ0v) is 13.2. The minimum atomic E-state index is -0.0229. The molecular formula is C15H18N4O2S. The quantitative estimate of drug-likeness (QED) is 0.905. The molecule has 0 aromatic carbocycles. The Hall–Kier alpha value is -2.15. The molecule has 0 bridgehead atoms. The Balaban J connectivity index is 1.71. The molecule has 0 spiro atoms. The predicted molar refractivity (Wildman–Crippen MR) is 84.6 cm³/mol. The second kappa shape index (κ2) is 6.31. The lowest BCUT2D eigenvalue weighted by atomic mass is 9.95. The van der Waals surface area contributed by atoms with E-state index >= 15 is 0 Å². The molecule has 2 aromatic rings. The van der Waals surface area contributed by atoms with Gasteiger partial charge in [0, 0.05) is 37.0 Å². The monoisotopic (exact) mass is 318 g/mol. The van der Waals surface area contributed by atoms with E-state index in [0.29, 0.717) is 31.5 Å². The lowest BCUT2D eigenvalue weighted by Gasteiger charge is -2.31. The highest BCUT2D eigenvalue weighted by molar-refractivity contribution is 7.08. The van der Waals surface area contributed by atoms with E-state index < -0.39 is 0 Å². The van der Waals surface area contributed by atoms with Crippen molar-refractivity contribution >= 4 is 23.2 Å². The van der Waals surface area contributed by atoms with Crippen molar-refractivity contribution in [1.29, 1.82) is 0 Å². The van der Waals surface area contributed by atoms with Crippen molar-refractivity contribution in [2.24, 2.45) is 5.92 Å². The van der Waals surface area contributed by atoms with Gasteiger partial charge in [0.25, 0.3) is 5.91 Å². The smallest absolute Gasteiger partial charge is 0.257 e. The fourth-order valence-electron chi connectivity index (χ4n) is 2.79. The maximum atomic E-state index is 12.7. The summed E-state index contributed by atoms with van der Waals surface area (Å²) in [7, 11) is 1.65. The van der Waals surface area contributed by atoms with Crippen LogP contribution in [0.5, 0.6) is 0 Å².